The number of H-pyrrole nitrogens is 1. The average molecular weight is 515 g/mol. The molecule has 0 saturated heterocycles. The molecule has 4 aromatic rings. The van der Waals surface area contributed by atoms with Crippen LogP contribution in [-0.2, 0) is 6.42 Å². The van der Waals surface area contributed by atoms with Crippen LogP contribution in [-0.4, -0.2) is 33.0 Å². The van der Waals surface area contributed by atoms with E-state index in [0.29, 0.717) is 12.5 Å². The number of fused-ring (bicyclic) bond motifs is 1. The van der Waals surface area contributed by atoms with Gasteiger partial charge in [-0.2, -0.15) is 4.39 Å². The van der Waals surface area contributed by atoms with Crippen LogP contribution in [0.5, 0.6) is 0 Å². The van der Waals surface area contributed by atoms with E-state index in [1.807, 2.05) is 32.3 Å². The van der Waals surface area contributed by atoms with E-state index in [4.69, 9.17) is 4.98 Å². The van der Waals surface area contributed by atoms with Crippen molar-refractivity contribution < 1.29 is 4.39 Å². The first-order chi connectivity index (χ1) is 17.9. The number of allylic oxidation sites excluding steroid dienone is 4. The molecule has 3 N–H and O–H groups in total. The first-order valence-electron chi connectivity index (χ1n) is 11.8. The van der Waals surface area contributed by atoms with Gasteiger partial charge in [0.05, 0.1) is 29.3 Å². The lowest BCUT2D eigenvalue weighted by Crippen LogP contribution is -2.20. The first-order valence-corrected chi connectivity index (χ1v) is 12.6. The summed E-state index contributed by atoms with van der Waals surface area (Å²) < 4.78 is 13.6. The Bertz CT molecular complexity index is 1460. The van der Waals surface area contributed by atoms with Crippen LogP contribution in [0.1, 0.15) is 37.9 Å². The van der Waals surface area contributed by atoms with Crippen LogP contribution in [0.4, 0.5) is 10.1 Å². The molecule has 0 saturated carbocycles. The number of pyridine rings is 2. The number of imidazole rings is 1. The van der Waals surface area contributed by atoms with Crippen LogP contribution in [0.2, 0.25) is 0 Å². The van der Waals surface area contributed by atoms with E-state index in [1.165, 1.54) is 6.07 Å². The number of hydrogen-bond donors (Lipinski definition) is 3. The summed E-state index contributed by atoms with van der Waals surface area (Å²) in [6.07, 6.45) is 19.8. The van der Waals surface area contributed by atoms with Crippen molar-refractivity contribution >= 4 is 33.6 Å². The van der Waals surface area contributed by atoms with Crippen LogP contribution < -0.4 is 10.6 Å². The van der Waals surface area contributed by atoms with Crippen molar-refractivity contribution in [2.75, 3.05) is 12.4 Å². The van der Waals surface area contributed by atoms with E-state index in [2.05, 4.69) is 71.0 Å². The molecule has 4 rings (SSSR count). The van der Waals surface area contributed by atoms with E-state index in [-0.39, 0.29) is 5.13 Å². The highest BCUT2D eigenvalue weighted by Crippen LogP contribution is 2.32. The molecule has 4 aromatic heterocycles. The lowest BCUT2D eigenvalue weighted by Gasteiger charge is -2.13. The zero-order chi connectivity index (χ0) is 26.9. The number of terminal acetylenes is 1. The predicted molar refractivity (Wildman–Crippen MR) is 154 cm³/mol. The van der Waals surface area contributed by atoms with Gasteiger partial charge >= 0.3 is 0 Å². The molecule has 0 atom stereocenters. The molecular weight excluding hydrogens is 483 g/mol. The van der Waals surface area contributed by atoms with Gasteiger partial charge < -0.3 is 15.6 Å². The molecule has 8 heteroatoms. The van der Waals surface area contributed by atoms with E-state index < -0.39 is 0 Å². The van der Waals surface area contributed by atoms with Crippen LogP contribution in [0, 0.1) is 18.0 Å². The van der Waals surface area contributed by atoms with Gasteiger partial charge in [-0.3, -0.25) is 9.97 Å². The van der Waals surface area contributed by atoms with Gasteiger partial charge in [0.2, 0.25) is 0 Å². The van der Waals surface area contributed by atoms with Crippen molar-refractivity contribution in [2.45, 2.75) is 33.2 Å². The van der Waals surface area contributed by atoms with Gasteiger partial charge in [-0.15, -0.1) is 24.2 Å². The average Bonchev–Trinajstić information content (AvgIpc) is 3.52. The second-order valence-corrected chi connectivity index (χ2v) is 9.40. The molecule has 0 aromatic carbocycles. The molecule has 0 fully saturated rings. The predicted octanol–water partition coefficient (Wildman–Crippen LogP) is 6.57. The number of aromatic nitrogens is 4. The monoisotopic (exact) mass is 514 g/mol. The minimum Gasteiger partial charge on any atom is -0.387 e. The number of anilines is 1. The Morgan fingerprint density at radius 1 is 1.24 bits per heavy atom. The van der Waals surface area contributed by atoms with Crippen LogP contribution in [0.25, 0.3) is 27.0 Å². The van der Waals surface area contributed by atoms with Crippen molar-refractivity contribution in [3.05, 3.63) is 89.5 Å². The molecule has 0 aliphatic rings. The highest BCUT2D eigenvalue weighted by molar-refractivity contribution is 7.14. The molecule has 0 spiro atoms. The summed E-state index contributed by atoms with van der Waals surface area (Å²) in [7, 11) is 1.88. The molecule has 0 bridgehead atoms. The number of rotatable bonds is 9. The van der Waals surface area contributed by atoms with Gasteiger partial charge in [0, 0.05) is 41.8 Å². The number of hydrogen-bond acceptors (Lipinski definition) is 6. The number of nitrogens with one attached hydrogen (secondary N) is 3. The molecule has 190 valence electrons. The molecule has 0 unspecified atom stereocenters. The van der Waals surface area contributed by atoms with Gasteiger partial charge in [-0.25, -0.2) is 4.98 Å². The molecule has 6 nitrogen and oxygen atoms in total. The summed E-state index contributed by atoms with van der Waals surface area (Å²) >= 11 is 1.09. The van der Waals surface area contributed by atoms with Crippen molar-refractivity contribution in [1.29, 1.82) is 0 Å². The summed E-state index contributed by atoms with van der Waals surface area (Å²) in [5, 5.41) is 6.40. The highest BCUT2D eigenvalue weighted by atomic mass is 32.1. The van der Waals surface area contributed by atoms with Gasteiger partial charge in [0.1, 0.15) is 11.3 Å². The van der Waals surface area contributed by atoms with E-state index >= 15 is 0 Å². The largest absolute Gasteiger partial charge is 0.387 e. The van der Waals surface area contributed by atoms with Crippen molar-refractivity contribution in [1.82, 2.24) is 25.3 Å². The maximum Gasteiger partial charge on any atom is 0.176 e. The van der Waals surface area contributed by atoms with E-state index in [1.54, 1.807) is 18.5 Å². The fraction of sp³-hybridized carbons (Fsp3) is 0.207. The summed E-state index contributed by atoms with van der Waals surface area (Å²) in [6.45, 7) is 10.1. The van der Waals surface area contributed by atoms with Crippen LogP contribution >= 0.6 is 11.3 Å². The quantitative estimate of drug-likeness (QED) is 0.174. The Labute approximate surface area is 221 Å². The minimum absolute atomic E-state index is 0.229. The second kappa shape index (κ2) is 12.7. The standard InChI is InChI=1S/C27H29FN6S.C2H2/c1-6-17(10-19(7-2)32-16(3)4)21-11-18(22(29-5)15-31-21)12-26-33-23-14-30-13-20(27(23)34-26)24-8-9-25(28)35-24;1-2/h6-11,13-16,29,32H,2,12H2,1,3-5H3,(H,33,34);1-2H/b17-6+,19-10+;. The minimum atomic E-state index is -0.229. The number of aromatic amines is 1. The molecule has 0 aliphatic carbocycles. The second-order valence-electron chi connectivity index (χ2n) is 8.37. The summed E-state index contributed by atoms with van der Waals surface area (Å²) in [4.78, 5) is 18.0. The highest BCUT2D eigenvalue weighted by Gasteiger charge is 2.14. The zero-order valence-electron chi connectivity index (χ0n) is 21.5. The third kappa shape index (κ3) is 6.51. The van der Waals surface area contributed by atoms with E-state index in [0.717, 1.165) is 66.9 Å². The first kappa shape index (κ1) is 27.4. The Kier molecular flexibility index (Phi) is 9.36. The van der Waals surface area contributed by atoms with Gasteiger partial charge in [-0.05, 0) is 62.3 Å². The molecule has 0 radical (unpaired) electrons. The number of thiophene rings is 1. The van der Waals surface area contributed by atoms with Crippen molar-refractivity contribution in [3.63, 3.8) is 0 Å². The Morgan fingerprint density at radius 3 is 2.65 bits per heavy atom. The Balaban J connectivity index is 0.00000186. The summed E-state index contributed by atoms with van der Waals surface area (Å²) in [6, 6.07) is 5.60. The molecule has 37 heavy (non-hydrogen) atoms. The van der Waals surface area contributed by atoms with Crippen LogP contribution in [0.3, 0.4) is 0 Å². The topological polar surface area (TPSA) is 78.5 Å². The maximum atomic E-state index is 13.6. The molecule has 4 heterocycles. The summed E-state index contributed by atoms with van der Waals surface area (Å²) in [5.41, 5.74) is 7.19. The fourth-order valence-corrected chi connectivity index (χ4v) is 4.62. The van der Waals surface area contributed by atoms with Crippen LogP contribution in [0.15, 0.2) is 67.3 Å². The normalized spacial score (nSPS) is 11.8. The lowest BCUT2D eigenvalue weighted by molar-refractivity contribution is 0.657. The lowest BCUT2D eigenvalue weighted by atomic mass is 10.0. The van der Waals surface area contributed by atoms with Crippen molar-refractivity contribution in [2.24, 2.45) is 0 Å². The Hall–Kier alpha value is -4.22. The van der Waals surface area contributed by atoms with Gasteiger partial charge in [0.25, 0.3) is 0 Å². The molecule has 0 aliphatic heterocycles. The maximum absolute atomic E-state index is 13.6. The molecular formula is C29H31FN6S. The third-order valence-corrected chi connectivity index (χ3v) is 6.40. The van der Waals surface area contributed by atoms with Gasteiger partial charge in [-0.1, -0.05) is 12.7 Å². The SMILES string of the molecule is C#C.C=C/C(=C\C(=C/C)c1cc(Cc2nc3c(-c4ccc(F)s4)cncc3[nH]2)c(NC)cn1)NC(C)C. The number of nitrogens with zero attached hydrogens (tertiary/aromatic N) is 3. The zero-order valence-corrected chi connectivity index (χ0v) is 22.3. The van der Waals surface area contributed by atoms with Crippen molar-refractivity contribution in [3.8, 4) is 23.3 Å². The van der Waals surface area contributed by atoms with Gasteiger partial charge in [0.15, 0.2) is 5.13 Å². The number of halogens is 1. The smallest absolute Gasteiger partial charge is 0.176 e. The fourth-order valence-electron chi connectivity index (χ4n) is 3.88. The molecule has 0 amide bonds. The third-order valence-electron chi connectivity index (χ3n) is 5.49. The van der Waals surface area contributed by atoms with E-state index in [9.17, 15) is 4.39 Å². The summed E-state index contributed by atoms with van der Waals surface area (Å²) in [5.74, 6) is 0.797. The Morgan fingerprint density at radius 2 is 2.03 bits per heavy atom.